The van der Waals surface area contributed by atoms with Crippen LogP contribution in [0.2, 0.25) is 19.8 Å². The van der Waals surface area contributed by atoms with Gasteiger partial charge in [0.1, 0.15) is 0 Å². The quantitative estimate of drug-likeness (QED) is 0.0721. The van der Waals surface area contributed by atoms with E-state index < -0.39 is 39.5 Å². The van der Waals surface area contributed by atoms with Crippen LogP contribution >= 0.6 is 0 Å². The van der Waals surface area contributed by atoms with Crippen LogP contribution in [-0.4, -0.2) is 65.2 Å². The topological polar surface area (TPSA) is 116 Å². The normalized spacial score (nSPS) is 17.5. The Kier molecular flexibility index (Phi) is 13.6. The summed E-state index contributed by atoms with van der Waals surface area (Å²) in [5, 5.41) is 11.6. The maximum absolute atomic E-state index is 11.6. The molecule has 0 fully saturated rings. The molecule has 11 heteroatoms. The molecule has 4 atom stereocenters. The first kappa shape index (κ1) is 44.7. The van der Waals surface area contributed by atoms with Gasteiger partial charge >= 0.3 is 379 Å². The Hall–Kier alpha value is -4.85. The summed E-state index contributed by atoms with van der Waals surface area (Å²) in [6, 6.07) is 38.1. The van der Waals surface area contributed by atoms with Crippen molar-refractivity contribution in [3.8, 4) is 22.3 Å². The number of amides is 4. The van der Waals surface area contributed by atoms with Gasteiger partial charge in [-0.3, -0.25) is 0 Å². The van der Waals surface area contributed by atoms with E-state index in [1.165, 1.54) is 66.8 Å². The molecular formula is C52H46HfN4O4Sn2. The van der Waals surface area contributed by atoms with Crippen molar-refractivity contribution in [3.05, 3.63) is 177 Å². The number of rotatable bonds is 12. The van der Waals surface area contributed by atoms with E-state index in [-0.39, 0.29) is 37.7 Å². The van der Waals surface area contributed by atoms with Crippen molar-refractivity contribution in [2.24, 2.45) is 0 Å². The summed E-state index contributed by atoms with van der Waals surface area (Å²) in [7, 11) is 0. The Labute approximate surface area is 401 Å². The molecule has 6 aromatic rings. The zero-order chi connectivity index (χ0) is 43.1. The van der Waals surface area contributed by atoms with Gasteiger partial charge in [-0.15, -0.1) is 0 Å². The van der Waals surface area contributed by atoms with Crippen molar-refractivity contribution in [2.75, 3.05) is 21.3 Å². The maximum atomic E-state index is 11.6. The van der Waals surface area contributed by atoms with Gasteiger partial charge in [-0.2, -0.15) is 0 Å². The minimum Gasteiger partial charge on any atom is 0 e. The minimum absolute atomic E-state index is 0. The molecule has 0 bridgehead atoms. The van der Waals surface area contributed by atoms with Gasteiger partial charge in [-0.1, -0.05) is 0 Å². The zero-order valence-electron chi connectivity index (χ0n) is 35.5. The first-order valence-electron chi connectivity index (χ1n) is 20.9. The van der Waals surface area contributed by atoms with Gasteiger partial charge in [-0.05, 0) is 0 Å². The zero-order valence-corrected chi connectivity index (χ0v) is 44.8. The van der Waals surface area contributed by atoms with E-state index in [1.54, 1.807) is 0 Å². The molecule has 6 aromatic carbocycles. The van der Waals surface area contributed by atoms with Crippen molar-refractivity contribution in [1.29, 1.82) is 0 Å². The molecule has 310 valence electrons. The van der Waals surface area contributed by atoms with Crippen LogP contribution in [0.1, 0.15) is 75.3 Å². The van der Waals surface area contributed by atoms with Crippen LogP contribution in [-0.2, 0) is 45.0 Å². The third-order valence-corrected chi connectivity index (χ3v) is 22.7. The first-order chi connectivity index (χ1) is 30.3. The summed E-state index contributed by atoms with van der Waals surface area (Å²) < 4.78 is 0.810. The van der Waals surface area contributed by atoms with Crippen molar-refractivity contribution in [1.82, 2.24) is 0 Å². The smallest absolute Gasteiger partial charge is 0 e. The summed E-state index contributed by atoms with van der Waals surface area (Å²) >= 11 is -3.59. The second-order valence-electron chi connectivity index (χ2n) is 16.5. The van der Waals surface area contributed by atoms with Crippen molar-refractivity contribution in [2.45, 2.75) is 39.5 Å². The largest absolute Gasteiger partial charge is 0 e. The standard InChI is InChI=1S/2C24H17N2O2.4CH3.Hf.2Sn/c2*27-13-25-22-12-20-18-8-4-2-6-16(18)11-21(20)23(24(22)26-14-28)19-10-9-15-5-1-3-7-17(15)19;;;;;;;/h2*1-14,19H,(H,25,27)(H,26,28);4*1H3;;;. The third kappa shape index (κ3) is 7.81. The van der Waals surface area contributed by atoms with E-state index >= 15 is 0 Å². The Morgan fingerprint density at radius 2 is 0.778 bits per heavy atom. The molecule has 4 aliphatic carbocycles. The van der Waals surface area contributed by atoms with Crippen LogP contribution in [0.25, 0.3) is 34.4 Å². The van der Waals surface area contributed by atoms with E-state index in [4.69, 9.17) is 0 Å². The van der Waals surface area contributed by atoms with E-state index in [0.29, 0.717) is 56.3 Å². The fourth-order valence-electron chi connectivity index (χ4n) is 10.4. The fourth-order valence-corrected chi connectivity index (χ4v) is 20.5. The molecule has 0 saturated carbocycles. The maximum Gasteiger partial charge on any atom is 0 e. The Bertz CT molecular complexity index is 2660. The Morgan fingerprint density at radius 3 is 1.14 bits per heavy atom. The van der Waals surface area contributed by atoms with Gasteiger partial charge < -0.3 is 0 Å². The average molecular weight is 1210 g/mol. The van der Waals surface area contributed by atoms with Gasteiger partial charge in [0.25, 0.3) is 0 Å². The van der Waals surface area contributed by atoms with Gasteiger partial charge in [-0.25, -0.2) is 0 Å². The summed E-state index contributed by atoms with van der Waals surface area (Å²) in [5.74, 6) is 0.0562. The molecule has 4 amide bonds. The molecule has 0 heterocycles. The van der Waals surface area contributed by atoms with E-state index in [2.05, 4.69) is 150 Å². The Morgan fingerprint density at radius 1 is 0.429 bits per heavy atom. The number of nitrogens with one attached hydrogen (secondary N) is 4. The average Bonchev–Trinajstić information content (AvgIpc) is 4.06. The van der Waals surface area contributed by atoms with E-state index in [1.807, 2.05) is 24.3 Å². The predicted octanol–water partition coefficient (Wildman–Crippen LogP) is 10.8. The molecule has 2 radical (unpaired) electrons. The number of hydrogen-bond donors (Lipinski definition) is 4. The number of allylic oxidation sites excluding steroid dienone is 2. The monoisotopic (exact) mass is 1210 g/mol. The molecule has 4 N–H and O–H groups in total. The molecule has 8 nitrogen and oxygen atoms in total. The second-order valence-corrected chi connectivity index (χ2v) is 32.1. The summed E-state index contributed by atoms with van der Waals surface area (Å²) in [4.78, 5) is 55.9. The fraction of sp³-hybridized carbons (Fsp3) is 0.154. The number of anilines is 4. The van der Waals surface area contributed by atoms with Crippen molar-refractivity contribution in [3.63, 3.8) is 0 Å². The van der Waals surface area contributed by atoms with Crippen LogP contribution in [0.3, 0.4) is 0 Å². The minimum atomic E-state index is -1.79. The van der Waals surface area contributed by atoms with Crippen molar-refractivity contribution < 1.29 is 45.0 Å². The van der Waals surface area contributed by atoms with Gasteiger partial charge in [0.05, 0.1) is 0 Å². The molecule has 0 spiro atoms. The summed E-state index contributed by atoms with van der Waals surface area (Å²) in [5.41, 5.74) is 20.0. The van der Waals surface area contributed by atoms with Crippen LogP contribution < -0.4 is 21.3 Å². The van der Waals surface area contributed by atoms with Gasteiger partial charge in [0.15, 0.2) is 0 Å². The number of benzene rings is 6. The molecule has 0 aromatic heterocycles. The van der Waals surface area contributed by atoms with Crippen molar-refractivity contribution >= 4 is 100 Å². The van der Waals surface area contributed by atoms with Gasteiger partial charge in [0.2, 0.25) is 0 Å². The molecular weight excluding hydrogens is 1160 g/mol. The van der Waals surface area contributed by atoms with E-state index in [9.17, 15) is 19.2 Å². The van der Waals surface area contributed by atoms with Crippen LogP contribution in [0, 0.1) is 0 Å². The SMILES string of the molecule is [CH3][Sn]([CH3])[CH]1c2ccccc2-c2cc(NC=O)c(NC=O)c(C3C=Cc4ccccc43)c21.[CH3][Sn]([CH3])[CH]1c2ccccc2-c2cc(NC=O)c(NC=O)c(C3C=Cc4ccccc43)c21.[Hf]. The second kappa shape index (κ2) is 19.1. The van der Waals surface area contributed by atoms with Gasteiger partial charge in [0, 0.05) is 25.8 Å². The Balaban J connectivity index is 0.000000170. The number of fused-ring (bicyclic) bond motifs is 8. The third-order valence-electron chi connectivity index (χ3n) is 12.7. The molecule has 4 unspecified atom stereocenters. The molecule has 0 aliphatic heterocycles. The molecule has 63 heavy (non-hydrogen) atoms. The molecule has 4 aliphatic rings. The predicted molar refractivity (Wildman–Crippen MR) is 256 cm³/mol. The summed E-state index contributed by atoms with van der Waals surface area (Å²) in [6.07, 6.45) is 11.5. The number of carbonyl (C=O) groups is 4. The number of hydrogen-bond acceptors (Lipinski definition) is 4. The first-order valence-corrected chi connectivity index (χ1v) is 35.6. The van der Waals surface area contributed by atoms with Crippen LogP contribution in [0.4, 0.5) is 22.7 Å². The van der Waals surface area contributed by atoms with E-state index in [0.717, 1.165) is 11.1 Å². The molecule has 0 saturated heterocycles. The van der Waals surface area contributed by atoms with Crippen LogP contribution in [0.5, 0.6) is 0 Å². The van der Waals surface area contributed by atoms with Crippen LogP contribution in [0.15, 0.2) is 121 Å². The number of carbonyl (C=O) groups excluding carboxylic acids is 4. The molecule has 10 rings (SSSR count). The summed E-state index contributed by atoms with van der Waals surface area (Å²) in [6.45, 7) is 0.